The highest BCUT2D eigenvalue weighted by molar-refractivity contribution is 5.86. The summed E-state index contributed by atoms with van der Waals surface area (Å²) in [5.74, 6) is -0.231. The number of rotatable bonds is 9. The number of hydrogen-bond donors (Lipinski definition) is 1. The number of fused-ring (bicyclic) bond motifs is 1. The number of aliphatic hydroxyl groups is 1. The lowest BCUT2D eigenvalue weighted by atomic mass is 9.99. The van der Waals surface area contributed by atoms with Gasteiger partial charge < -0.3 is 10.0 Å². The van der Waals surface area contributed by atoms with Crippen LogP contribution in [0.15, 0.2) is 36.4 Å². The van der Waals surface area contributed by atoms with Crippen molar-refractivity contribution in [2.45, 2.75) is 45.6 Å². The molecule has 126 valence electrons. The molecule has 0 aliphatic heterocycles. The molecule has 0 spiro atoms. The Balaban J connectivity index is 2.18. The van der Waals surface area contributed by atoms with Gasteiger partial charge in [0, 0.05) is 11.9 Å². The fourth-order valence-electron chi connectivity index (χ4n) is 2.98. The van der Waals surface area contributed by atoms with Crippen LogP contribution in [0.3, 0.4) is 0 Å². The Kier molecular flexibility index (Phi) is 7.00. The maximum Gasteiger partial charge on any atom is 0.131 e. The molecule has 0 bridgehead atoms. The van der Waals surface area contributed by atoms with E-state index in [-0.39, 0.29) is 5.82 Å². The number of nitrogens with zero attached hydrogens (tertiary/aromatic N) is 1. The van der Waals surface area contributed by atoms with Crippen LogP contribution in [0.5, 0.6) is 0 Å². The number of halogens is 1. The van der Waals surface area contributed by atoms with E-state index in [2.05, 4.69) is 18.7 Å². The van der Waals surface area contributed by atoms with E-state index in [0.717, 1.165) is 49.7 Å². The van der Waals surface area contributed by atoms with Gasteiger partial charge in [-0.3, -0.25) is 0 Å². The predicted molar refractivity (Wildman–Crippen MR) is 95.1 cm³/mol. The molecule has 2 aromatic carbocycles. The first-order valence-electron chi connectivity index (χ1n) is 8.75. The minimum absolute atomic E-state index is 0.231. The van der Waals surface area contributed by atoms with Crippen LogP contribution in [0.1, 0.15) is 51.2 Å². The van der Waals surface area contributed by atoms with Crippen molar-refractivity contribution in [2.24, 2.45) is 0 Å². The third-order valence-corrected chi connectivity index (χ3v) is 4.35. The third kappa shape index (κ3) is 4.76. The van der Waals surface area contributed by atoms with Crippen LogP contribution in [-0.2, 0) is 0 Å². The van der Waals surface area contributed by atoms with Crippen LogP contribution >= 0.6 is 0 Å². The van der Waals surface area contributed by atoms with E-state index in [1.807, 2.05) is 18.2 Å². The van der Waals surface area contributed by atoms with Crippen molar-refractivity contribution in [3.05, 3.63) is 47.8 Å². The van der Waals surface area contributed by atoms with E-state index in [1.54, 1.807) is 12.1 Å². The van der Waals surface area contributed by atoms with Gasteiger partial charge in [-0.15, -0.1) is 0 Å². The normalized spacial score (nSPS) is 12.9. The van der Waals surface area contributed by atoms with E-state index in [9.17, 15) is 9.50 Å². The van der Waals surface area contributed by atoms with Gasteiger partial charge in [0.25, 0.3) is 0 Å². The summed E-state index contributed by atoms with van der Waals surface area (Å²) in [5, 5.41) is 12.1. The van der Waals surface area contributed by atoms with Gasteiger partial charge in [-0.25, -0.2) is 4.39 Å². The van der Waals surface area contributed by atoms with Crippen molar-refractivity contribution < 1.29 is 9.50 Å². The Morgan fingerprint density at radius 2 is 1.57 bits per heavy atom. The van der Waals surface area contributed by atoms with Crippen molar-refractivity contribution in [1.29, 1.82) is 0 Å². The second-order valence-electron chi connectivity index (χ2n) is 6.21. The van der Waals surface area contributed by atoms with Crippen LogP contribution in [0.2, 0.25) is 0 Å². The molecule has 2 nitrogen and oxygen atoms in total. The Morgan fingerprint density at radius 1 is 0.957 bits per heavy atom. The molecular formula is C20H28FNO. The molecule has 0 radical (unpaired) electrons. The molecule has 0 heterocycles. The zero-order chi connectivity index (χ0) is 16.7. The maximum absolute atomic E-state index is 13.9. The smallest absolute Gasteiger partial charge is 0.131 e. The second kappa shape index (κ2) is 8.99. The topological polar surface area (TPSA) is 23.5 Å². The Hall–Kier alpha value is -1.45. The lowest BCUT2D eigenvalue weighted by molar-refractivity contribution is 0.112. The van der Waals surface area contributed by atoms with Gasteiger partial charge in [-0.05, 0) is 42.9 Å². The van der Waals surface area contributed by atoms with Crippen LogP contribution in [0.25, 0.3) is 10.8 Å². The highest BCUT2D eigenvalue weighted by Crippen LogP contribution is 2.27. The molecule has 1 atom stereocenters. The van der Waals surface area contributed by atoms with Gasteiger partial charge in [0.15, 0.2) is 0 Å². The van der Waals surface area contributed by atoms with Gasteiger partial charge in [0.1, 0.15) is 5.82 Å². The molecule has 0 aliphatic rings. The number of hydrogen-bond acceptors (Lipinski definition) is 2. The van der Waals surface area contributed by atoms with E-state index in [4.69, 9.17) is 0 Å². The van der Waals surface area contributed by atoms with Gasteiger partial charge >= 0.3 is 0 Å². The molecule has 23 heavy (non-hydrogen) atoms. The molecule has 0 saturated heterocycles. The van der Waals surface area contributed by atoms with Gasteiger partial charge in [-0.2, -0.15) is 0 Å². The fourth-order valence-corrected chi connectivity index (χ4v) is 2.98. The zero-order valence-corrected chi connectivity index (χ0v) is 14.3. The summed E-state index contributed by atoms with van der Waals surface area (Å²) in [7, 11) is 0. The Morgan fingerprint density at radius 3 is 2.17 bits per heavy atom. The van der Waals surface area contributed by atoms with Crippen LogP contribution in [0.4, 0.5) is 4.39 Å². The molecule has 0 saturated carbocycles. The number of aliphatic hydroxyl groups excluding tert-OH is 1. The Labute approximate surface area is 138 Å². The lowest BCUT2D eigenvalue weighted by Gasteiger charge is -2.25. The fraction of sp³-hybridized carbons (Fsp3) is 0.500. The minimum Gasteiger partial charge on any atom is -0.387 e. The van der Waals surface area contributed by atoms with E-state index < -0.39 is 6.10 Å². The van der Waals surface area contributed by atoms with E-state index in [0.29, 0.717) is 11.9 Å². The van der Waals surface area contributed by atoms with Gasteiger partial charge in [0.2, 0.25) is 0 Å². The second-order valence-corrected chi connectivity index (χ2v) is 6.21. The minimum atomic E-state index is -0.589. The first kappa shape index (κ1) is 17.9. The molecule has 0 aromatic heterocycles. The largest absolute Gasteiger partial charge is 0.387 e. The summed E-state index contributed by atoms with van der Waals surface area (Å²) in [6.07, 6.45) is 3.99. The summed E-state index contributed by atoms with van der Waals surface area (Å²) in [6.45, 7) is 6.98. The maximum atomic E-state index is 13.9. The monoisotopic (exact) mass is 317 g/mol. The number of unbranched alkanes of at least 4 members (excludes halogenated alkanes) is 2. The summed E-state index contributed by atoms with van der Waals surface area (Å²) < 4.78 is 13.9. The quantitative estimate of drug-likeness (QED) is 0.710. The molecule has 0 aliphatic carbocycles. The standard InChI is InChI=1S/C20H28FNO/c1-3-5-13-22(14-6-4-2)15-20(23)18-11-12-19(21)17-10-8-7-9-16(17)18/h7-12,20,23H,3-6,13-15H2,1-2H3/t20-/m1/s1. The van der Waals surface area contributed by atoms with Crippen molar-refractivity contribution in [3.63, 3.8) is 0 Å². The number of benzene rings is 2. The average Bonchev–Trinajstić information content (AvgIpc) is 2.57. The molecule has 0 unspecified atom stereocenters. The zero-order valence-electron chi connectivity index (χ0n) is 14.3. The molecule has 2 rings (SSSR count). The van der Waals surface area contributed by atoms with Crippen molar-refractivity contribution in [1.82, 2.24) is 4.90 Å². The summed E-state index contributed by atoms with van der Waals surface area (Å²) in [5.41, 5.74) is 0.819. The van der Waals surface area contributed by atoms with Gasteiger partial charge in [0.05, 0.1) is 6.10 Å². The van der Waals surface area contributed by atoms with Crippen molar-refractivity contribution in [3.8, 4) is 0 Å². The lowest BCUT2D eigenvalue weighted by Crippen LogP contribution is -2.30. The molecule has 0 fully saturated rings. The van der Waals surface area contributed by atoms with Crippen LogP contribution in [0, 0.1) is 5.82 Å². The van der Waals surface area contributed by atoms with Crippen molar-refractivity contribution in [2.75, 3.05) is 19.6 Å². The summed E-state index contributed by atoms with van der Waals surface area (Å²) in [4.78, 5) is 2.33. The summed E-state index contributed by atoms with van der Waals surface area (Å²) in [6, 6.07) is 10.6. The van der Waals surface area contributed by atoms with Crippen molar-refractivity contribution >= 4 is 10.8 Å². The highest BCUT2D eigenvalue weighted by atomic mass is 19.1. The Bertz CT molecular complexity index is 606. The van der Waals surface area contributed by atoms with E-state index >= 15 is 0 Å². The molecule has 3 heteroatoms. The van der Waals surface area contributed by atoms with E-state index in [1.165, 1.54) is 6.07 Å². The van der Waals surface area contributed by atoms with Crippen LogP contribution in [-0.4, -0.2) is 29.6 Å². The molecule has 0 amide bonds. The molecular weight excluding hydrogens is 289 g/mol. The van der Waals surface area contributed by atoms with Gasteiger partial charge in [-0.1, -0.05) is 57.0 Å². The first-order chi connectivity index (χ1) is 11.2. The highest BCUT2D eigenvalue weighted by Gasteiger charge is 2.16. The molecule has 1 N–H and O–H groups in total. The third-order valence-electron chi connectivity index (χ3n) is 4.35. The molecule has 2 aromatic rings. The average molecular weight is 317 g/mol. The summed E-state index contributed by atoms with van der Waals surface area (Å²) >= 11 is 0. The SMILES string of the molecule is CCCCN(CCCC)C[C@@H](O)c1ccc(F)c2ccccc12. The first-order valence-corrected chi connectivity index (χ1v) is 8.75. The predicted octanol–water partition coefficient (Wildman–Crippen LogP) is 4.91. The van der Waals surface area contributed by atoms with Crippen LogP contribution < -0.4 is 0 Å².